The van der Waals surface area contributed by atoms with Crippen LogP contribution in [0.3, 0.4) is 0 Å². The van der Waals surface area contributed by atoms with Crippen molar-refractivity contribution < 1.29 is 19.1 Å². The van der Waals surface area contributed by atoms with Crippen LogP contribution in [-0.2, 0) is 9.53 Å². The fourth-order valence-corrected chi connectivity index (χ4v) is 4.89. The Morgan fingerprint density at radius 1 is 1.15 bits per heavy atom. The summed E-state index contributed by atoms with van der Waals surface area (Å²) in [6.45, 7) is 2.44. The summed E-state index contributed by atoms with van der Waals surface area (Å²) in [5, 5.41) is 14.2. The van der Waals surface area contributed by atoms with E-state index in [4.69, 9.17) is 16.3 Å². The third-order valence-electron chi connectivity index (χ3n) is 5.81. The predicted molar refractivity (Wildman–Crippen MR) is 125 cm³/mol. The van der Waals surface area contributed by atoms with Gasteiger partial charge in [0.15, 0.2) is 0 Å². The van der Waals surface area contributed by atoms with Gasteiger partial charge in [-0.3, -0.25) is 14.4 Å². The largest absolute Gasteiger partial charge is 0.376 e. The van der Waals surface area contributed by atoms with Gasteiger partial charge in [-0.15, -0.1) is 10.2 Å². The number of likely N-dealkylation sites (tertiary alicyclic amines) is 1. The third kappa shape index (κ3) is 6.49. The van der Waals surface area contributed by atoms with Gasteiger partial charge < -0.3 is 20.3 Å². The number of hydrogen-bond acceptors (Lipinski definition) is 7. The zero-order valence-electron chi connectivity index (χ0n) is 18.1. The summed E-state index contributed by atoms with van der Waals surface area (Å²) in [5.74, 6) is -0.404. The number of halogens is 1. The first-order valence-electron chi connectivity index (χ1n) is 11.1. The van der Waals surface area contributed by atoms with E-state index in [9.17, 15) is 14.4 Å². The molecular formula is C22H26ClN5O4S. The molecule has 4 rings (SSSR count). The van der Waals surface area contributed by atoms with E-state index in [1.807, 2.05) is 0 Å². The molecule has 11 heteroatoms. The minimum Gasteiger partial charge on any atom is -0.376 e. The van der Waals surface area contributed by atoms with Crippen LogP contribution in [-0.4, -0.2) is 65.2 Å². The van der Waals surface area contributed by atoms with Gasteiger partial charge in [0.25, 0.3) is 11.8 Å². The van der Waals surface area contributed by atoms with E-state index in [0.717, 1.165) is 43.6 Å². The Morgan fingerprint density at radius 2 is 1.94 bits per heavy atom. The van der Waals surface area contributed by atoms with Crippen molar-refractivity contribution in [3.05, 3.63) is 39.3 Å². The molecule has 0 saturated carbocycles. The molecule has 9 nitrogen and oxygen atoms in total. The summed E-state index contributed by atoms with van der Waals surface area (Å²) in [4.78, 5) is 39.1. The van der Waals surface area contributed by atoms with Gasteiger partial charge >= 0.3 is 0 Å². The third-order valence-corrected chi connectivity index (χ3v) is 6.96. The fraction of sp³-hybridized carbons (Fsp3) is 0.500. The number of nitrogens with one attached hydrogen (secondary N) is 2. The number of piperidine rings is 1. The van der Waals surface area contributed by atoms with Crippen LogP contribution in [0.2, 0.25) is 5.02 Å². The van der Waals surface area contributed by atoms with Crippen LogP contribution in [0.1, 0.15) is 51.7 Å². The molecule has 0 aliphatic carbocycles. The molecule has 3 heterocycles. The van der Waals surface area contributed by atoms with Crippen molar-refractivity contribution in [3.8, 4) is 0 Å². The number of aromatic nitrogens is 2. The van der Waals surface area contributed by atoms with Crippen LogP contribution >= 0.6 is 22.9 Å². The van der Waals surface area contributed by atoms with E-state index in [0.29, 0.717) is 36.8 Å². The van der Waals surface area contributed by atoms with Crippen LogP contribution in [0.15, 0.2) is 24.3 Å². The second-order valence-electron chi connectivity index (χ2n) is 8.26. The van der Waals surface area contributed by atoms with E-state index in [2.05, 4.69) is 20.8 Å². The Kier molecular flexibility index (Phi) is 7.89. The predicted octanol–water partition coefficient (Wildman–Crippen LogP) is 2.98. The highest BCUT2D eigenvalue weighted by Crippen LogP contribution is 2.23. The highest BCUT2D eigenvalue weighted by molar-refractivity contribution is 7.15. The summed E-state index contributed by atoms with van der Waals surface area (Å²) >= 11 is 6.89. The molecule has 2 aromatic rings. The standard InChI is InChI=1S/C22H26ClN5O4S/c23-15-3-1-4-16(12-15)25-19(30)20-26-27-21(33-20)22(31)28-8-6-14(7-9-28)11-18(29)24-13-17-5-2-10-32-17/h1,3-4,12,14,17H,2,5-11,13H2,(H,24,29)(H,25,30)/t17-/m0/s1. The van der Waals surface area contributed by atoms with E-state index in [1.54, 1.807) is 29.2 Å². The number of amides is 3. The highest BCUT2D eigenvalue weighted by atomic mass is 35.5. The van der Waals surface area contributed by atoms with Gasteiger partial charge in [0.05, 0.1) is 6.10 Å². The molecule has 3 amide bonds. The molecule has 1 aromatic heterocycles. The Hall–Kier alpha value is -2.56. The smallest absolute Gasteiger partial charge is 0.286 e. The Morgan fingerprint density at radius 3 is 2.67 bits per heavy atom. The number of anilines is 1. The molecule has 1 aromatic carbocycles. The van der Waals surface area contributed by atoms with E-state index < -0.39 is 5.91 Å². The minimum absolute atomic E-state index is 0.0368. The van der Waals surface area contributed by atoms with Crippen LogP contribution in [0, 0.1) is 5.92 Å². The van der Waals surface area contributed by atoms with Gasteiger partial charge in [-0.1, -0.05) is 29.0 Å². The molecule has 1 atom stereocenters. The molecule has 2 fully saturated rings. The van der Waals surface area contributed by atoms with Gasteiger partial charge in [0, 0.05) is 43.4 Å². The normalized spacial score (nSPS) is 18.8. The lowest BCUT2D eigenvalue weighted by molar-refractivity contribution is -0.122. The number of rotatable bonds is 7. The molecule has 2 aliphatic heterocycles. The lowest BCUT2D eigenvalue weighted by Gasteiger charge is -2.31. The second-order valence-corrected chi connectivity index (χ2v) is 9.67. The van der Waals surface area contributed by atoms with Crippen molar-refractivity contribution in [2.45, 2.75) is 38.2 Å². The molecule has 2 N–H and O–H groups in total. The van der Waals surface area contributed by atoms with Crippen molar-refractivity contribution in [2.75, 3.05) is 31.6 Å². The lowest BCUT2D eigenvalue weighted by atomic mass is 9.93. The zero-order chi connectivity index (χ0) is 23.2. The summed E-state index contributed by atoms with van der Waals surface area (Å²) in [6.07, 6.45) is 4.14. The molecule has 2 saturated heterocycles. The number of benzene rings is 1. The van der Waals surface area contributed by atoms with Crippen molar-refractivity contribution in [1.29, 1.82) is 0 Å². The first-order chi connectivity index (χ1) is 16.0. The van der Waals surface area contributed by atoms with Gasteiger partial charge in [-0.05, 0) is 49.8 Å². The molecular weight excluding hydrogens is 466 g/mol. The lowest BCUT2D eigenvalue weighted by Crippen LogP contribution is -2.40. The van der Waals surface area contributed by atoms with Crippen molar-refractivity contribution >= 4 is 46.3 Å². The maximum Gasteiger partial charge on any atom is 0.286 e. The highest BCUT2D eigenvalue weighted by Gasteiger charge is 2.28. The minimum atomic E-state index is -0.443. The van der Waals surface area contributed by atoms with Gasteiger partial charge in [-0.2, -0.15) is 0 Å². The van der Waals surface area contributed by atoms with Crippen molar-refractivity contribution in [1.82, 2.24) is 20.4 Å². The molecule has 2 aliphatic rings. The van der Waals surface area contributed by atoms with Crippen LogP contribution in [0.4, 0.5) is 5.69 Å². The summed E-state index contributed by atoms with van der Waals surface area (Å²) < 4.78 is 5.53. The molecule has 176 valence electrons. The molecule has 0 unspecified atom stereocenters. The summed E-state index contributed by atoms with van der Waals surface area (Å²) in [5.41, 5.74) is 0.539. The molecule has 0 radical (unpaired) electrons. The van der Waals surface area contributed by atoms with Gasteiger partial charge in [-0.25, -0.2) is 0 Å². The second kappa shape index (κ2) is 11.0. The number of ether oxygens (including phenoxy) is 1. The number of carbonyl (C=O) groups is 3. The molecule has 0 bridgehead atoms. The van der Waals surface area contributed by atoms with Crippen LogP contribution in [0.25, 0.3) is 0 Å². The van der Waals surface area contributed by atoms with E-state index in [1.165, 1.54) is 0 Å². The van der Waals surface area contributed by atoms with Crippen molar-refractivity contribution in [2.24, 2.45) is 5.92 Å². The zero-order valence-corrected chi connectivity index (χ0v) is 19.7. The van der Waals surface area contributed by atoms with Crippen LogP contribution in [0.5, 0.6) is 0 Å². The summed E-state index contributed by atoms with van der Waals surface area (Å²) in [7, 11) is 0. The van der Waals surface area contributed by atoms with E-state index in [-0.39, 0.29) is 33.9 Å². The average molecular weight is 492 g/mol. The fourth-order valence-electron chi connectivity index (χ4n) is 3.99. The van der Waals surface area contributed by atoms with Crippen molar-refractivity contribution in [3.63, 3.8) is 0 Å². The monoisotopic (exact) mass is 491 g/mol. The average Bonchev–Trinajstić information content (AvgIpc) is 3.50. The molecule has 33 heavy (non-hydrogen) atoms. The maximum absolute atomic E-state index is 12.8. The quantitative estimate of drug-likeness (QED) is 0.615. The van der Waals surface area contributed by atoms with Gasteiger partial charge in [0.1, 0.15) is 0 Å². The Balaban J connectivity index is 1.23. The number of carbonyl (C=O) groups excluding carboxylic acids is 3. The molecule has 0 spiro atoms. The topological polar surface area (TPSA) is 114 Å². The Bertz CT molecular complexity index is 1000. The SMILES string of the molecule is O=C(CC1CCN(C(=O)c2nnc(C(=O)Nc3cccc(Cl)c3)s2)CC1)NC[C@@H]1CCCO1. The number of nitrogens with zero attached hydrogens (tertiary/aromatic N) is 3. The maximum atomic E-state index is 12.8. The first kappa shape index (κ1) is 23.6. The van der Waals surface area contributed by atoms with Crippen LogP contribution < -0.4 is 10.6 Å². The van der Waals surface area contributed by atoms with E-state index >= 15 is 0 Å². The Labute approximate surface area is 200 Å². The summed E-state index contributed by atoms with van der Waals surface area (Å²) in [6, 6.07) is 6.77. The first-order valence-corrected chi connectivity index (χ1v) is 12.3. The van der Waals surface area contributed by atoms with Gasteiger partial charge in [0.2, 0.25) is 15.9 Å². The number of hydrogen-bond donors (Lipinski definition) is 2.